The topological polar surface area (TPSA) is 24.1 Å². The molecule has 0 saturated carbocycles. The number of hydrogen-bond acceptors (Lipinski definition) is 2. The summed E-state index contributed by atoms with van der Waals surface area (Å²) >= 11 is 0. The molecule has 25 heavy (non-hydrogen) atoms. The number of nitrogens with one attached hydrogen (secondary N) is 2. The molecule has 0 aliphatic rings. The van der Waals surface area contributed by atoms with Gasteiger partial charge in [-0.05, 0) is 63.3 Å². The van der Waals surface area contributed by atoms with Crippen LogP contribution in [0.4, 0.5) is 0 Å². The standard InChI is InChI=1S/C23H46N2/c1-11-19(8)14-23(18(6)7)24-13-12-22(17(4)5)25-21(10)15-20(9)16(2)3/h11,16-18,20,22-25H,10,12-15H2,1-9H3/b19-11+. The fourth-order valence-electron chi connectivity index (χ4n) is 2.95. The second-order valence-corrected chi connectivity index (χ2v) is 8.96. The van der Waals surface area contributed by atoms with E-state index in [-0.39, 0.29) is 0 Å². The van der Waals surface area contributed by atoms with E-state index in [1.165, 1.54) is 11.3 Å². The van der Waals surface area contributed by atoms with Crippen LogP contribution >= 0.6 is 0 Å². The van der Waals surface area contributed by atoms with E-state index in [1.807, 2.05) is 0 Å². The van der Waals surface area contributed by atoms with Gasteiger partial charge in [-0.15, -0.1) is 0 Å². The fraction of sp³-hybridized carbons (Fsp3) is 0.826. The Kier molecular flexibility index (Phi) is 12.2. The van der Waals surface area contributed by atoms with Gasteiger partial charge < -0.3 is 10.6 Å². The minimum absolute atomic E-state index is 0.495. The Bertz CT molecular complexity index is 393. The second-order valence-electron chi connectivity index (χ2n) is 8.96. The molecule has 0 fully saturated rings. The lowest BCUT2D eigenvalue weighted by atomic mass is 9.92. The molecule has 148 valence electrons. The van der Waals surface area contributed by atoms with Gasteiger partial charge in [-0.2, -0.15) is 0 Å². The van der Waals surface area contributed by atoms with Crippen LogP contribution in [0.15, 0.2) is 23.9 Å². The Morgan fingerprint density at radius 2 is 1.44 bits per heavy atom. The summed E-state index contributed by atoms with van der Waals surface area (Å²) in [6, 6.07) is 1.06. The number of rotatable bonds is 13. The lowest BCUT2D eigenvalue weighted by Gasteiger charge is -2.29. The van der Waals surface area contributed by atoms with E-state index in [9.17, 15) is 0 Å². The summed E-state index contributed by atoms with van der Waals surface area (Å²) in [5.74, 6) is 2.66. The van der Waals surface area contributed by atoms with Crippen LogP contribution in [0.1, 0.15) is 81.6 Å². The first-order chi connectivity index (χ1) is 11.6. The highest BCUT2D eigenvalue weighted by Gasteiger charge is 2.18. The molecule has 3 unspecified atom stereocenters. The van der Waals surface area contributed by atoms with E-state index in [2.05, 4.69) is 85.6 Å². The van der Waals surface area contributed by atoms with Crippen molar-refractivity contribution in [1.82, 2.24) is 10.6 Å². The Balaban J connectivity index is 4.50. The van der Waals surface area contributed by atoms with Crippen LogP contribution in [0.3, 0.4) is 0 Å². The molecule has 0 radical (unpaired) electrons. The molecule has 0 aromatic heterocycles. The summed E-state index contributed by atoms with van der Waals surface area (Å²) in [5.41, 5.74) is 2.67. The molecule has 3 atom stereocenters. The maximum absolute atomic E-state index is 4.28. The van der Waals surface area contributed by atoms with Crippen molar-refractivity contribution in [3.8, 4) is 0 Å². The highest BCUT2D eigenvalue weighted by molar-refractivity contribution is 5.00. The van der Waals surface area contributed by atoms with Gasteiger partial charge in [0.15, 0.2) is 0 Å². The van der Waals surface area contributed by atoms with Crippen molar-refractivity contribution >= 4 is 0 Å². The predicted octanol–water partition coefficient (Wildman–Crippen LogP) is 6.16. The van der Waals surface area contributed by atoms with Crippen molar-refractivity contribution in [2.24, 2.45) is 23.7 Å². The average Bonchev–Trinajstić information content (AvgIpc) is 2.51. The average molecular weight is 351 g/mol. The number of allylic oxidation sites excluding steroid dienone is 2. The predicted molar refractivity (Wildman–Crippen MR) is 115 cm³/mol. The van der Waals surface area contributed by atoms with Gasteiger partial charge in [0.05, 0.1) is 0 Å². The summed E-state index contributed by atoms with van der Waals surface area (Å²) in [5, 5.41) is 7.50. The van der Waals surface area contributed by atoms with Crippen LogP contribution in [-0.4, -0.2) is 18.6 Å². The van der Waals surface area contributed by atoms with Gasteiger partial charge in [-0.1, -0.05) is 66.7 Å². The van der Waals surface area contributed by atoms with Gasteiger partial charge in [-0.25, -0.2) is 0 Å². The lowest BCUT2D eigenvalue weighted by Crippen LogP contribution is -2.40. The molecule has 2 heteroatoms. The highest BCUT2D eigenvalue weighted by Crippen LogP contribution is 2.19. The van der Waals surface area contributed by atoms with Crippen molar-refractivity contribution in [2.75, 3.05) is 6.54 Å². The van der Waals surface area contributed by atoms with Crippen LogP contribution < -0.4 is 10.6 Å². The zero-order chi connectivity index (χ0) is 19.6. The quantitative estimate of drug-likeness (QED) is 0.389. The molecule has 2 N–H and O–H groups in total. The first-order valence-corrected chi connectivity index (χ1v) is 10.4. The normalized spacial score (nSPS) is 16.4. The third-order valence-corrected chi connectivity index (χ3v) is 5.60. The van der Waals surface area contributed by atoms with E-state index < -0.39 is 0 Å². The van der Waals surface area contributed by atoms with Crippen LogP contribution in [0, 0.1) is 23.7 Å². The highest BCUT2D eigenvalue weighted by atomic mass is 15.0. The molecule has 0 aliphatic carbocycles. The summed E-state index contributed by atoms with van der Waals surface area (Å²) in [7, 11) is 0. The molecule has 0 spiro atoms. The van der Waals surface area contributed by atoms with Gasteiger partial charge in [0, 0.05) is 17.8 Å². The SMILES string of the molecule is C=C(CC(C)C(C)C)NC(CCNC(C/C(C)=C/C)C(C)C)C(C)C. The molecule has 0 aromatic carbocycles. The van der Waals surface area contributed by atoms with E-state index in [0.29, 0.717) is 35.8 Å². The zero-order valence-corrected chi connectivity index (χ0v) is 18.6. The van der Waals surface area contributed by atoms with E-state index in [4.69, 9.17) is 0 Å². The molecule has 0 rings (SSSR count). The van der Waals surface area contributed by atoms with Crippen molar-refractivity contribution in [3.63, 3.8) is 0 Å². The maximum atomic E-state index is 4.28. The largest absolute Gasteiger partial charge is 0.386 e. The first-order valence-electron chi connectivity index (χ1n) is 10.4. The van der Waals surface area contributed by atoms with Crippen molar-refractivity contribution < 1.29 is 0 Å². The summed E-state index contributed by atoms with van der Waals surface area (Å²) in [6.07, 6.45) is 5.59. The van der Waals surface area contributed by atoms with Crippen LogP contribution in [-0.2, 0) is 0 Å². The lowest BCUT2D eigenvalue weighted by molar-refractivity contribution is 0.341. The van der Waals surface area contributed by atoms with Gasteiger partial charge in [0.2, 0.25) is 0 Å². The van der Waals surface area contributed by atoms with Gasteiger partial charge in [0.1, 0.15) is 0 Å². The van der Waals surface area contributed by atoms with E-state index in [1.54, 1.807) is 0 Å². The zero-order valence-electron chi connectivity index (χ0n) is 18.6. The van der Waals surface area contributed by atoms with E-state index in [0.717, 1.165) is 25.8 Å². The van der Waals surface area contributed by atoms with Crippen LogP contribution in [0.25, 0.3) is 0 Å². The Morgan fingerprint density at radius 3 is 1.88 bits per heavy atom. The van der Waals surface area contributed by atoms with Gasteiger partial charge in [-0.3, -0.25) is 0 Å². The molecule has 0 bridgehead atoms. The summed E-state index contributed by atoms with van der Waals surface area (Å²) in [4.78, 5) is 0. The minimum Gasteiger partial charge on any atom is -0.386 e. The molecule has 0 aliphatic heterocycles. The monoisotopic (exact) mass is 350 g/mol. The molecule has 0 saturated heterocycles. The van der Waals surface area contributed by atoms with Crippen LogP contribution in [0.2, 0.25) is 0 Å². The van der Waals surface area contributed by atoms with Gasteiger partial charge >= 0.3 is 0 Å². The molecule has 0 amide bonds. The Labute approximate surface area is 158 Å². The molecule has 2 nitrogen and oxygen atoms in total. The van der Waals surface area contributed by atoms with Crippen molar-refractivity contribution in [3.05, 3.63) is 23.9 Å². The Hall–Kier alpha value is -0.760. The van der Waals surface area contributed by atoms with Crippen LogP contribution in [0.5, 0.6) is 0 Å². The molecular formula is C23H46N2. The third-order valence-electron chi connectivity index (χ3n) is 5.60. The van der Waals surface area contributed by atoms with E-state index >= 15 is 0 Å². The fourth-order valence-corrected chi connectivity index (χ4v) is 2.95. The third kappa shape index (κ3) is 10.7. The number of hydrogen-bond donors (Lipinski definition) is 2. The second kappa shape index (κ2) is 12.6. The molecule has 0 aromatic rings. The smallest absolute Gasteiger partial charge is 0.0293 e. The first kappa shape index (κ1) is 24.2. The summed E-state index contributed by atoms with van der Waals surface area (Å²) < 4.78 is 0. The maximum Gasteiger partial charge on any atom is 0.0293 e. The van der Waals surface area contributed by atoms with Crippen molar-refractivity contribution in [1.29, 1.82) is 0 Å². The van der Waals surface area contributed by atoms with Gasteiger partial charge in [0.25, 0.3) is 0 Å². The van der Waals surface area contributed by atoms with Crippen molar-refractivity contribution in [2.45, 2.75) is 93.7 Å². The minimum atomic E-state index is 0.495. The molecular weight excluding hydrogens is 304 g/mol. The molecule has 0 heterocycles. The Morgan fingerprint density at radius 1 is 0.880 bits per heavy atom. The summed E-state index contributed by atoms with van der Waals surface area (Å²) in [6.45, 7) is 25.8.